The standard InChI is InChI=1S/C35H45N3O6/c1-8-9-21-38(33(41)30(37-34(42)44-35(4,5)6)22-25-13-17-27(39)18-14-25)31(29-12-10-11-23(2)24(29)3)32(40)36-26-15-19-28(43-7)20-16-26/h10-20,30-31,39H,8-9,21-22H2,1-7H3,(H,36,40)(H,37,42). The zero-order chi connectivity index (χ0) is 32.4. The Morgan fingerprint density at radius 1 is 0.955 bits per heavy atom. The fourth-order valence-electron chi connectivity index (χ4n) is 4.82. The third-order valence-corrected chi connectivity index (χ3v) is 7.26. The van der Waals surface area contributed by atoms with Crippen molar-refractivity contribution in [3.05, 3.63) is 89.0 Å². The Labute approximate surface area is 260 Å². The van der Waals surface area contributed by atoms with Crippen molar-refractivity contribution in [2.45, 2.75) is 78.5 Å². The first kappa shape index (κ1) is 34.0. The molecule has 0 saturated heterocycles. The molecule has 236 valence electrons. The zero-order valence-electron chi connectivity index (χ0n) is 26.8. The minimum atomic E-state index is -1.05. The molecule has 44 heavy (non-hydrogen) atoms. The van der Waals surface area contributed by atoms with E-state index in [0.717, 1.165) is 23.1 Å². The van der Waals surface area contributed by atoms with Gasteiger partial charge in [0.1, 0.15) is 29.2 Å². The fourth-order valence-corrected chi connectivity index (χ4v) is 4.82. The Hall–Kier alpha value is -4.53. The van der Waals surface area contributed by atoms with E-state index >= 15 is 0 Å². The predicted molar refractivity (Wildman–Crippen MR) is 172 cm³/mol. The number of amides is 3. The monoisotopic (exact) mass is 603 g/mol. The van der Waals surface area contributed by atoms with E-state index in [-0.39, 0.29) is 24.6 Å². The number of hydrogen-bond donors (Lipinski definition) is 3. The van der Waals surface area contributed by atoms with E-state index in [1.54, 1.807) is 69.2 Å². The first-order valence-electron chi connectivity index (χ1n) is 14.9. The summed E-state index contributed by atoms with van der Waals surface area (Å²) < 4.78 is 10.8. The minimum Gasteiger partial charge on any atom is -0.508 e. The number of nitrogens with zero attached hydrogens (tertiary/aromatic N) is 1. The highest BCUT2D eigenvalue weighted by molar-refractivity contribution is 5.99. The molecule has 0 bridgehead atoms. The molecule has 0 heterocycles. The number of carbonyl (C=O) groups excluding carboxylic acids is 3. The lowest BCUT2D eigenvalue weighted by Gasteiger charge is -2.35. The summed E-state index contributed by atoms with van der Waals surface area (Å²) in [4.78, 5) is 43.3. The Balaban J connectivity index is 2.09. The average molecular weight is 604 g/mol. The summed E-state index contributed by atoms with van der Waals surface area (Å²) in [7, 11) is 1.57. The van der Waals surface area contributed by atoms with E-state index in [0.29, 0.717) is 23.4 Å². The predicted octanol–water partition coefficient (Wildman–Crippen LogP) is 6.46. The Morgan fingerprint density at radius 2 is 1.61 bits per heavy atom. The minimum absolute atomic E-state index is 0.0893. The lowest BCUT2D eigenvalue weighted by Crippen LogP contribution is -2.53. The van der Waals surface area contributed by atoms with Gasteiger partial charge in [0.2, 0.25) is 5.91 Å². The molecule has 0 aliphatic rings. The molecule has 0 radical (unpaired) electrons. The van der Waals surface area contributed by atoms with Gasteiger partial charge in [-0.25, -0.2) is 4.79 Å². The zero-order valence-corrected chi connectivity index (χ0v) is 26.8. The van der Waals surface area contributed by atoms with Crippen molar-refractivity contribution in [1.29, 1.82) is 0 Å². The van der Waals surface area contributed by atoms with Crippen molar-refractivity contribution < 1.29 is 29.0 Å². The summed E-state index contributed by atoms with van der Waals surface area (Å²) in [5, 5.41) is 15.6. The number of nitrogens with one attached hydrogen (secondary N) is 2. The first-order chi connectivity index (χ1) is 20.8. The number of rotatable bonds is 12. The summed E-state index contributed by atoms with van der Waals surface area (Å²) in [5.74, 6) is -0.0623. The molecular formula is C35H45N3O6. The van der Waals surface area contributed by atoms with Crippen LogP contribution < -0.4 is 15.4 Å². The topological polar surface area (TPSA) is 117 Å². The van der Waals surface area contributed by atoms with Gasteiger partial charge in [0.15, 0.2) is 0 Å². The number of aromatic hydroxyl groups is 1. The van der Waals surface area contributed by atoms with Gasteiger partial charge in [-0.3, -0.25) is 9.59 Å². The van der Waals surface area contributed by atoms with E-state index < -0.39 is 29.7 Å². The van der Waals surface area contributed by atoms with E-state index in [4.69, 9.17) is 9.47 Å². The number of benzene rings is 3. The maximum Gasteiger partial charge on any atom is 0.408 e. The van der Waals surface area contributed by atoms with Gasteiger partial charge in [0, 0.05) is 18.7 Å². The maximum atomic E-state index is 14.6. The van der Waals surface area contributed by atoms with E-state index in [1.165, 1.54) is 12.1 Å². The van der Waals surface area contributed by atoms with Crippen LogP contribution in [0.2, 0.25) is 0 Å². The van der Waals surface area contributed by atoms with Crippen LogP contribution in [0.4, 0.5) is 10.5 Å². The number of alkyl carbamates (subject to hydrolysis) is 1. The van der Waals surface area contributed by atoms with Gasteiger partial charge in [-0.05, 0) is 99.7 Å². The molecule has 9 heteroatoms. The molecule has 0 fully saturated rings. The van der Waals surface area contributed by atoms with Crippen molar-refractivity contribution in [3.8, 4) is 11.5 Å². The third kappa shape index (κ3) is 9.49. The Morgan fingerprint density at radius 3 is 2.20 bits per heavy atom. The van der Waals surface area contributed by atoms with Gasteiger partial charge >= 0.3 is 6.09 Å². The van der Waals surface area contributed by atoms with E-state index in [2.05, 4.69) is 10.6 Å². The molecule has 3 aromatic rings. The highest BCUT2D eigenvalue weighted by Crippen LogP contribution is 2.30. The van der Waals surface area contributed by atoms with E-state index in [9.17, 15) is 19.5 Å². The molecule has 0 saturated carbocycles. The number of hydrogen-bond acceptors (Lipinski definition) is 6. The second-order valence-electron chi connectivity index (χ2n) is 11.9. The lowest BCUT2D eigenvalue weighted by molar-refractivity contribution is -0.140. The van der Waals surface area contributed by atoms with Crippen molar-refractivity contribution in [2.75, 3.05) is 19.0 Å². The molecule has 2 unspecified atom stereocenters. The molecule has 3 N–H and O–H groups in total. The van der Waals surface area contributed by atoms with Crippen LogP contribution in [-0.2, 0) is 20.7 Å². The van der Waals surface area contributed by atoms with Crippen LogP contribution in [0.5, 0.6) is 11.5 Å². The molecule has 9 nitrogen and oxygen atoms in total. The van der Waals surface area contributed by atoms with Crippen molar-refractivity contribution in [3.63, 3.8) is 0 Å². The average Bonchev–Trinajstić information content (AvgIpc) is 2.97. The normalized spacial score (nSPS) is 12.5. The lowest BCUT2D eigenvalue weighted by atomic mass is 9.94. The van der Waals surface area contributed by atoms with Crippen LogP contribution >= 0.6 is 0 Å². The number of anilines is 1. The molecular weight excluding hydrogens is 558 g/mol. The van der Waals surface area contributed by atoms with Crippen LogP contribution in [0, 0.1) is 13.8 Å². The highest BCUT2D eigenvalue weighted by Gasteiger charge is 2.37. The number of phenols is 1. The van der Waals surface area contributed by atoms with Crippen molar-refractivity contribution >= 4 is 23.6 Å². The smallest absolute Gasteiger partial charge is 0.408 e. The van der Waals surface area contributed by atoms with Crippen molar-refractivity contribution in [1.82, 2.24) is 10.2 Å². The fraction of sp³-hybridized carbons (Fsp3) is 0.400. The summed E-state index contributed by atoms with van der Waals surface area (Å²) in [5.41, 5.74) is 3.07. The highest BCUT2D eigenvalue weighted by atomic mass is 16.6. The molecule has 3 amide bonds. The number of phenolic OH excluding ortho intramolecular Hbond substituents is 1. The second kappa shape index (κ2) is 15.3. The van der Waals surface area contributed by atoms with Crippen LogP contribution in [-0.4, -0.2) is 53.2 Å². The van der Waals surface area contributed by atoms with Crippen LogP contribution in [0.15, 0.2) is 66.7 Å². The van der Waals surface area contributed by atoms with Crippen LogP contribution in [0.1, 0.15) is 68.8 Å². The second-order valence-corrected chi connectivity index (χ2v) is 11.9. The van der Waals surface area contributed by atoms with Gasteiger partial charge in [-0.1, -0.05) is 43.7 Å². The number of methoxy groups -OCH3 is 1. The summed E-state index contributed by atoms with van der Waals surface area (Å²) in [6, 6.07) is 17.1. The maximum absolute atomic E-state index is 14.6. The Kier molecular flexibility index (Phi) is 11.8. The quantitative estimate of drug-likeness (QED) is 0.219. The summed E-state index contributed by atoms with van der Waals surface area (Å²) in [6.07, 6.45) is 0.809. The van der Waals surface area contributed by atoms with Gasteiger partial charge in [0.25, 0.3) is 5.91 Å². The molecule has 0 aliphatic heterocycles. The Bertz CT molecular complexity index is 1410. The van der Waals surface area contributed by atoms with Crippen molar-refractivity contribution in [2.24, 2.45) is 0 Å². The van der Waals surface area contributed by atoms with Crippen LogP contribution in [0.3, 0.4) is 0 Å². The number of carbonyl (C=O) groups is 3. The SMILES string of the molecule is CCCCN(C(=O)C(Cc1ccc(O)cc1)NC(=O)OC(C)(C)C)C(C(=O)Nc1ccc(OC)cc1)c1cccc(C)c1C. The van der Waals surface area contributed by atoms with Gasteiger partial charge in [0.05, 0.1) is 7.11 Å². The molecule has 0 aromatic heterocycles. The summed E-state index contributed by atoms with van der Waals surface area (Å²) >= 11 is 0. The molecule has 3 rings (SSSR count). The van der Waals surface area contributed by atoms with Crippen LogP contribution in [0.25, 0.3) is 0 Å². The number of ether oxygens (including phenoxy) is 2. The molecule has 0 spiro atoms. The first-order valence-corrected chi connectivity index (χ1v) is 14.9. The number of unbranched alkanes of at least 4 members (excludes halogenated alkanes) is 1. The molecule has 2 atom stereocenters. The largest absolute Gasteiger partial charge is 0.508 e. The molecule has 3 aromatic carbocycles. The van der Waals surface area contributed by atoms with Gasteiger partial charge in [-0.2, -0.15) is 0 Å². The van der Waals surface area contributed by atoms with E-state index in [1.807, 2.05) is 39.0 Å². The molecule has 0 aliphatic carbocycles. The summed E-state index contributed by atoms with van der Waals surface area (Å²) in [6.45, 7) is 11.4. The third-order valence-electron chi connectivity index (χ3n) is 7.26. The number of aryl methyl sites for hydroxylation is 1. The van der Waals surface area contributed by atoms with Gasteiger partial charge in [-0.15, -0.1) is 0 Å². The van der Waals surface area contributed by atoms with Gasteiger partial charge < -0.3 is 30.1 Å².